The maximum absolute atomic E-state index is 5.61. The topological polar surface area (TPSA) is 44.5 Å². The number of nitrogens with two attached hydrogens (primary N) is 1. The summed E-state index contributed by atoms with van der Waals surface area (Å²) in [7, 11) is 0. The van der Waals surface area contributed by atoms with Gasteiger partial charge >= 0.3 is 5.91 Å². The Morgan fingerprint density at radius 1 is 1.31 bits per heavy atom. The van der Waals surface area contributed by atoms with Gasteiger partial charge in [0, 0.05) is 26.4 Å². The fraction of sp³-hybridized carbons (Fsp3) is 0.222. The molecule has 66 valence electrons. The number of hydrogen-bond donors (Lipinski definition) is 1. The quantitative estimate of drug-likeness (QED) is 0.538. The summed E-state index contributed by atoms with van der Waals surface area (Å²) < 4.78 is 10.6. The first kappa shape index (κ1) is 10.4. The van der Waals surface area contributed by atoms with Crippen molar-refractivity contribution < 1.29 is 29.0 Å². The molecule has 4 heteroatoms. The van der Waals surface area contributed by atoms with E-state index in [2.05, 4.69) is 6.92 Å². The molecular weight excluding hydrogens is 219 g/mol. The third-order valence-corrected chi connectivity index (χ3v) is 1.63. The van der Waals surface area contributed by atoms with E-state index in [-0.39, 0.29) is 19.5 Å². The summed E-state index contributed by atoms with van der Waals surface area (Å²) in [5.74, 6) is 0.302. The molecule has 0 aromatic heterocycles. The van der Waals surface area contributed by atoms with Gasteiger partial charge in [-0.3, -0.25) is 5.73 Å². The summed E-state index contributed by atoms with van der Waals surface area (Å²) in [5.41, 5.74) is 6.50. The molecule has 3 nitrogen and oxygen atoms in total. The van der Waals surface area contributed by atoms with E-state index < -0.39 is 5.91 Å². The Morgan fingerprint density at radius 2 is 1.92 bits per heavy atom. The first-order valence-electron chi connectivity index (χ1n) is 3.70. The smallest absolute Gasteiger partial charge is 0.306 e. The molecule has 0 saturated carbocycles. The number of fused-ring (bicyclic) bond motifs is 1. The van der Waals surface area contributed by atoms with Crippen molar-refractivity contribution in [3.63, 3.8) is 0 Å². The summed E-state index contributed by atoms with van der Waals surface area (Å²) in [5, 5.41) is 0. The van der Waals surface area contributed by atoms with E-state index in [9.17, 15) is 0 Å². The Hall–Kier alpha value is -0.727. The predicted molar refractivity (Wildman–Crippen MR) is 44.7 cm³/mol. The number of ether oxygens (including phenoxy) is 2. The van der Waals surface area contributed by atoms with Gasteiger partial charge in [0.15, 0.2) is 0 Å². The number of benzene rings is 1. The fourth-order valence-corrected chi connectivity index (χ4v) is 1.17. The molecule has 0 radical (unpaired) electrons. The molecule has 1 unspecified atom stereocenters. The van der Waals surface area contributed by atoms with Crippen LogP contribution in [-0.2, 0) is 19.5 Å². The van der Waals surface area contributed by atoms with Crippen molar-refractivity contribution in [3.05, 3.63) is 30.7 Å². The Morgan fingerprint density at radius 3 is 2.62 bits per heavy atom. The van der Waals surface area contributed by atoms with E-state index in [0.29, 0.717) is 11.5 Å². The van der Waals surface area contributed by atoms with Gasteiger partial charge in [-0.15, -0.1) is 6.07 Å². The molecule has 1 aliphatic rings. The second kappa shape index (κ2) is 3.20. The maximum atomic E-state index is 5.61. The molecule has 1 atom stereocenters. The van der Waals surface area contributed by atoms with Crippen LogP contribution < -0.4 is 15.2 Å². The van der Waals surface area contributed by atoms with Crippen LogP contribution in [0.15, 0.2) is 18.2 Å². The molecule has 1 heterocycles. The monoisotopic (exact) mass is 228 g/mol. The van der Waals surface area contributed by atoms with Gasteiger partial charge in [-0.25, -0.2) is 0 Å². The largest absolute Gasteiger partial charge is 0.449 e. The maximum Gasteiger partial charge on any atom is 0.306 e. The van der Waals surface area contributed by atoms with Crippen LogP contribution in [-0.4, -0.2) is 5.91 Å². The van der Waals surface area contributed by atoms with Gasteiger partial charge in [-0.1, -0.05) is 6.07 Å². The first-order valence-corrected chi connectivity index (χ1v) is 3.70. The second-order valence-electron chi connectivity index (χ2n) is 3.00. The minimum Gasteiger partial charge on any atom is -0.449 e. The molecule has 0 saturated heterocycles. The number of hydrogen-bond acceptors (Lipinski definition) is 3. The van der Waals surface area contributed by atoms with Crippen molar-refractivity contribution in [3.8, 4) is 11.5 Å². The van der Waals surface area contributed by atoms with E-state index in [1.807, 2.05) is 6.07 Å². The molecule has 2 N–H and O–H groups in total. The van der Waals surface area contributed by atoms with E-state index in [1.165, 1.54) is 0 Å². The standard InChI is InChI=1S/C9H10NO2.Zn/c1-6-3-4-7-8(5-6)12-9(2,10)11-7;/h3-5H,1,10H2,2H3;/q-1;. The molecule has 0 spiro atoms. The Kier molecular flexibility index (Phi) is 2.55. The molecule has 1 aromatic rings. The zero-order valence-corrected chi connectivity index (χ0v) is 10.5. The normalized spacial score (nSPS) is 23.8. The average molecular weight is 230 g/mol. The summed E-state index contributed by atoms with van der Waals surface area (Å²) in [6, 6.07) is 5.45. The Bertz CT molecular complexity index is 325. The first-order chi connectivity index (χ1) is 5.57. The molecule has 1 aliphatic heterocycles. The van der Waals surface area contributed by atoms with Crippen LogP contribution in [0.2, 0.25) is 0 Å². The van der Waals surface area contributed by atoms with Crippen molar-refractivity contribution in [1.82, 2.24) is 0 Å². The predicted octanol–water partition coefficient (Wildman–Crippen LogP) is 1.27. The van der Waals surface area contributed by atoms with Gasteiger partial charge in [0.05, 0.1) is 0 Å². The summed E-state index contributed by atoms with van der Waals surface area (Å²) >= 11 is 0. The Balaban J connectivity index is 0.000000845. The molecule has 13 heavy (non-hydrogen) atoms. The second-order valence-corrected chi connectivity index (χ2v) is 3.00. The van der Waals surface area contributed by atoms with Crippen LogP contribution >= 0.6 is 0 Å². The molecule has 0 amide bonds. The molecule has 0 fully saturated rings. The van der Waals surface area contributed by atoms with Gasteiger partial charge in [0.1, 0.15) is 11.5 Å². The summed E-state index contributed by atoms with van der Waals surface area (Å²) in [4.78, 5) is 0. The van der Waals surface area contributed by atoms with Gasteiger partial charge < -0.3 is 9.47 Å². The van der Waals surface area contributed by atoms with Crippen molar-refractivity contribution in [1.29, 1.82) is 0 Å². The SMILES string of the molecule is [CH2-]c1ccc2c(c1)OC(C)(N)O2.[Zn]. The van der Waals surface area contributed by atoms with Crippen molar-refractivity contribution in [2.45, 2.75) is 12.8 Å². The van der Waals surface area contributed by atoms with Crippen LogP contribution in [0.25, 0.3) is 0 Å². The van der Waals surface area contributed by atoms with Gasteiger partial charge in [-0.2, -0.15) is 18.6 Å². The van der Waals surface area contributed by atoms with Crippen molar-refractivity contribution in [2.24, 2.45) is 5.73 Å². The summed E-state index contributed by atoms with van der Waals surface area (Å²) in [6.07, 6.45) is 0. The van der Waals surface area contributed by atoms with Crippen LogP contribution in [0.5, 0.6) is 11.5 Å². The zero-order chi connectivity index (χ0) is 8.77. The van der Waals surface area contributed by atoms with E-state index in [4.69, 9.17) is 15.2 Å². The van der Waals surface area contributed by atoms with Crippen LogP contribution in [0.4, 0.5) is 0 Å². The fourth-order valence-electron chi connectivity index (χ4n) is 1.17. The molecule has 2 rings (SSSR count). The van der Waals surface area contributed by atoms with Crippen LogP contribution in [0, 0.1) is 6.92 Å². The minimum atomic E-state index is -1.03. The van der Waals surface area contributed by atoms with Crippen LogP contribution in [0.1, 0.15) is 12.5 Å². The zero-order valence-electron chi connectivity index (χ0n) is 7.54. The molecule has 1 aromatic carbocycles. The average Bonchev–Trinajstić information content (AvgIpc) is 2.21. The Labute approximate surface area is 90.0 Å². The number of rotatable bonds is 0. The molecule has 0 bridgehead atoms. The summed E-state index contributed by atoms with van der Waals surface area (Å²) in [6.45, 7) is 5.43. The van der Waals surface area contributed by atoms with Crippen molar-refractivity contribution in [2.75, 3.05) is 0 Å². The third-order valence-electron chi connectivity index (χ3n) is 1.63. The van der Waals surface area contributed by atoms with Gasteiger partial charge in [-0.05, 0) is 0 Å². The minimum absolute atomic E-state index is 0. The van der Waals surface area contributed by atoms with Crippen LogP contribution in [0.3, 0.4) is 0 Å². The van der Waals surface area contributed by atoms with E-state index in [1.54, 1.807) is 19.1 Å². The van der Waals surface area contributed by atoms with Gasteiger partial charge in [0.25, 0.3) is 0 Å². The molecular formula is C9H10NO2Zn-. The third kappa shape index (κ3) is 1.95. The van der Waals surface area contributed by atoms with E-state index >= 15 is 0 Å². The molecule has 0 aliphatic carbocycles. The van der Waals surface area contributed by atoms with Gasteiger partial charge in [0.2, 0.25) is 0 Å². The van der Waals surface area contributed by atoms with Crippen molar-refractivity contribution >= 4 is 0 Å². The van der Waals surface area contributed by atoms with E-state index in [0.717, 1.165) is 5.56 Å².